The first-order chi connectivity index (χ1) is 13.0. The maximum Gasteiger partial charge on any atom is 0.339 e. The highest BCUT2D eigenvalue weighted by Crippen LogP contribution is 2.21. The fourth-order valence-corrected chi connectivity index (χ4v) is 2.95. The van der Waals surface area contributed by atoms with Crippen LogP contribution < -0.4 is 15.5 Å². The molecule has 0 fully saturated rings. The SMILES string of the molecule is CCOC(=O)c1ccc(NC(=S)NCCCN(C)c2ccccc2)cc1Cl. The van der Waals surface area contributed by atoms with Crippen LogP contribution in [0.1, 0.15) is 23.7 Å². The van der Waals surface area contributed by atoms with Crippen molar-refractivity contribution in [1.82, 2.24) is 5.32 Å². The number of esters is 1. The Hall–Kier alpha value is -2.31. The minimum atomic E-state index is -0.433. The third-order valence-electron chi connectivity index (χ3n) is 3.88. The topological polar surface area (TPSA) is 53.6 Å². The lowest BCUT2D eigenvalue weighted by Crippen LogP contribution is -2.31. The molecule has 0 aliphatic heterocycles. The summed E-state index contributed by atoms with van der Waals surface area (Å²) in [6, 6.07) is 15.3. The molecule has 0 aliphatic carbocycles. The lowest BCUT2D eigenvalue weighted by Gasteiger charge is -2.19. The normalized spacial score (nSPS) is 10.2. The summed E-state index contributed by atoms with van der Waals surface area (Å²) in [7, 11) is 2.07. The summed E-state index contributed by atoms with van der Waals surface area (Å²) in [6.45, 7) is 3.73. The number of anilines is 2. The molecule has 0 unspecified atom stereocenters. The van der Waals surface area contributed by atoms with Gasteiger partial charge in [0.15, 0.2) is 5.11 Å². The number of carbonyl (C=O) groups excluding carboxylic acids is 1. The van der Waals surface area contributed by atoms with Crippen molar-refractivity contribution in [3.63, 3.8) is 0 Å². The minimum absolute atomic E-state index is 0.308. The van der Waals surface area contributed by atoms with Crippen LogP contribution in [0.3, 0.4) is 0 Å². The molecule has 27 heavy (non-hydrogen) atoms. The first kappa shape index (κ1) is 21.0. The van der Waals surface area contributed by atoms with Crippen LogP contribution >= 0.6 is 23.8 Å². The van der Waals surface area contributed by atoms with Crippen molar-refractivity contribution in [2.75, 3.05) is 37.0 Å². The summed E-state index contributed by atoms with van der Waals surface area (Å²) in [5, 5.41) is 7.08. The molecule has 2 aromatic rings. The molecule has 2 rings (SSSR count). The van der Waals surface area contributed by atoms with E-state index < -0.39 is 5.97 Å². The summed E-state index contributed by atoms with van der Waals surface area (Å²) in [5.74, 6) is -0.433. The predicted molar refractivity (Wildman–Crippen MR) is 116 cm³/mol. The number of rotatable bonds is 8. The highest BCUT2D eigenvalue weighted by Gasteiger charge is 2.12. The second kappa shape index (κ2) is 10.7. The monoisotopic (exact) mass is 405 g/mol. The molecule has 5 nitrogen and oxygen atoms in total. The second-order valence-electron chi connectivity index (χ2n) is 5.91. The van der Waals surface area contributed by atoms with Crippen LogP contribution in [-0.4, -0.2) is 37.8 Å². The number of halogens is 1. The Labute approximate surface area is 170 Å². The zero-order valence-electron chi connectivity index (χ0n) is 15.5. The van der Waals surface area contributed by atoms with Crippen molar-refractivity contribution in [1.29, 1.82) is 0 Å². The highest BCUT2D eigenvalue weighted by atomic mass is 35.5. The van der Waals surface area contributed by atoms with Crippen molar-refractivity contribution in [2.24, 2.45) is 0 Å². The van der Waals surface area contributed by atoms with E-state index in [0.29, 0.717) is 28.0 Å². The van der Waals surface area contributed by atoms with E-state index in [1.54, 1.807) is 25.1 Å². The van der Waals surface area contributed by atoms with Gasteiger partial charge in [0.2, 0.25) is 0 Å². The molecule has 0 saturated carbocycles. The van der Waals surface area contributed by atoms with Crippen LogP contribution in [-0.2, 0) is 4.74 Å². The molecule has 0 aromatic heterocycles. The van der Waals surface area contributed by atoms with Gasteiger partial charge < -0.3 is 20.3 Å². The lowest BCUT2D eigenvalue weighted by atomic mass is 10.2. The van der Waals surface area contributed by atoms with Gasteiger partial charge in [-0.1, -0.05) is 29.8 Å². The molecular formula is C20H24ClN3O2S. The van der Waals surface area contributed by atoms with Gasteiger partial charge in [0, 0.05) is 31.5 Å². The van der Waals surface area contributed by atoms with Crippen molar-refractivity contribution < 1.29 is 9.53 Å². The Bertz CT molecular complexity index is 771. The van der Waals surface area contributed by atoms with Crippen molar-refractivity contribution >= 4 is 46.3 Å². The van der Waals surface area contributed by atoms with E-state index in [2.05, 4.69) is 34.7 Å². The zero-order chi connectivity index (χ0) is 19.6. The number of ether oxygens (including phenoxy) is 1. The fourth-order valence-electron chi connectivity index (χ4n) is 2.47. The lowest BCUT2D eigenvalue weighted by molar-refractivity contribution is 0.0526. The Kier molecular flexibility index (Phi) is 8.36. The number of thiocarbonyl (C=S) groups is 1. The van der Waals surface area contributed by atoms with Crippen LogP contribution in [0.25, 0.3) is 0 Å². The first-order valence-corrected chi connectivity index (χ1v) is 9.57. The standard InChI is InChI=1S/C20H24ClN3O2S/c1-3-26-19(25)17-11-10-15(14-18(17)21)23-20(27)22-12-7-13-24(2)16-8-5-4-6-9-16/h4-6,8-11,14H,3,7,12-13H2,1-2H3,(H2,22,23,27). The van der Waals surface area contributed by atoms with Gasteiger partial charge in [0.1, 0.15) is 0 Å². The van der Waals surface area contributed by atoms with Gasteiger partial charge in [-0.3, -0.25) is 0 Å². The Morgan fingerprint density at radius 1 is 1.22 bits per heavy atom. The summed E-state index contributed by atoms with van der Waals surface area (Å²) >= 11 is 11.5. The van der Waals surface area contributed by atoms with E-state index in [-0.39, 0.29) is 0 Å². The average molecular weight is 406 g/mol. The third-order valence-corrected chi connectivity index (χ3v) is 4.43. The van der Waals surface area contributed by atoms with Gasteiger partial charge in [-0.25, -0.2) is 4.79 Å². The molecule has 0 heterocycles. The van der Waals surface area contributed by atoms with E-state index in [4.69, 9.17) is 28.6 Å². The minimum Gasteiger partial charge on any atom is -0.462 e. The molecule has 2 N–H and O–H groups in total. The number of para-hydroxylation sites is 1. The van der Waals surface area contributed by atoms with Gasteiger partial charge in [-0.15, -0.1) is 0 Å². The van der Waals surface area contributed by atoms with E-state index in [1.807, 2.05) is 18.2 Å². The quantitative estimate of drug-likeness (QED) is 0.387. The highest BCUT2D eigenvalue weighted by molar-refractivity contribution is 7.80. The molecule has 0 atom stereocenters. The number of hydrogen-bond acceptors (Lipinski definition) is 4. The number of carbonyl (C=O) groups is 1. The van der Waals surface area contributed by atoms with Gasteiger partial charge in [0.25, 0.3) is 0 Å². The van der Waals surface area contributed by atoms with E-state index in [9.17, 15) is 4.79 Å². The molecular weight excluding hydrogens is 382 g/mol. The van der Waals surface area contributed by atoms with Crippen molar-refractivity contribution in [3.05, 3.63) is 59.1 Å². The van der Waals surface area contributed by atoms with Gasteiger partial charge in [-0.2, -0.15) is 0 Å². The second-order valence-corrected chi connectivity index (χ2v) is 6.72. The molecule has 0 radical (unpaired) electrons. The molecule has 0 amide bonds. The first-order valence-electron chi connectivity index (χ1n) is 8.79. The predicted octanol–water partition coefficient (Wildman–Crippen LogP) is 4.33. The Morgan fingerprint density at radius 3 is 2.63 bits per heavy atom. The number of hydrogen-bond donors (Lipinski definition) is 2. The zero-order valence-corrected chi connectivity index (χ0v) is 17.1. The maximum atomic E-state index is 11.8. The Balaban J connectivity index is 1.75. The van der Waals surface area contributed by atoms with Crippen LogP contribution in [0.4, 0.5) is 11.4 Å². The van der Waals surface area contributed by atoms with E-state index >= 15 is 0 Å². The summed E-state index contributed by atoms with van der Waals surface area (Å²) in [4.78, 5) is 14.0. The molecule has 0 bridgehead atoms. The van der Waals surface area contributed by atoms with Crippen LogP contribution in [0, 0.1) is 0 Å². The molecule has 2 aromatic carbocycles. The van der Waals surface area contributed by atoms with E-state index in [0.717, 1.165) is 19.5 Å². The Morgan fingerprint density at radius 2 is 1.96 bits per heavy atom. The summed E-state index contributed by atoms with van der Waals surface area (Å²) in [5.41, 5.74) is 2.24. The maximum absolute atomic E-state index is 11.8. The van der Waals surface area contributed by atoms with Gasteiger partial charge >= 0.3 is 5.97 Å². The molecule has 7 heteroatoms. The van der Waals surface area contributed by atoms with Gasteiger partial charge in [0.05, 0.1) is 17.2 Å². The molecule has 0 saturated heterocycles. The van der Waals surface area contributed by atoms with Gasteiger partial charge in [-0.05, 0) is 55.9 Å². The third kappa shape index (κ3) is 6.73. The number of benzene rings is 2. The largest absolute Gasteiger partial charge is 0.462 e. The van der Waals surface area contributed by atoms with E-state index in [1.165, 1.54) is 5.69 Å². The van der Waals surface area contributed by atoms with Crippen molar-refractivity contribution in [2.45, 2.75) is 13.3 Å². The number of nitrogens with zero attached hydrogens (tertiary/aromatic N) is 1. The molecule has 144 valence electrons. The van der Waals surface area contributed by atoms with Crippen LogP contribution in [0.5, 0.6) is 0 Å². The summed E-state index contributed by atoms with van der Waals surface area (Å²) < 4.78 is 4.96. The average Bonchev–Trinajstić information content (AvgIpc) is 2.66. The summed E-state index contributed by atoms with van der Waals surface area (Å²) in [6.07, 6.45) is 0.940. The smallest absolute Gasteiger partial charge is 0.339 e. The van der Waals surface area contributed by atoms with Crippen LogP contribution in [0.2, 0.25) is 5.02 Å². The molecule has 0 spiro atoms. The van der Waals surface area contributed by atoms with Crippen molar-refractivity contribution in [3.8, 4) is 0 Å². The van der Waals surface area contributed by atoms with Crippen LogP contribution in [0.15, 0.2) is 48.5 Å². The fraction of sp³-hybridized carbons (Fsp3) is 0.300. The molecule has 0 aliphatic rings. The number of nitrogens with one attached hydrogen (secondary N) is 2.